The largest absolute Gasteiger partial charge is 0.491 e. The molecule has 2 amide bonds. The molecule has 1 fully saturated rings. The molecule has 2 aromatic carbocycles. The molecule has 1 heterocycles. The third-order valence-corrected chi connectivity index (χ3v) is 7.65. The number of nitrogens with one attached hydrogen (secondary N) is 1. The molecule has 1 aliphatic heterocycles. The van der Waals surface area contributed by atoms with Crippen LogP contribution in [0.2, 0.25) is 0 Å². The Hall–Kier alpha value is -2.91. The quantitative estimate of drug-likeness (QED) is 0.587. The van der Waals surface area contributed by atoms with Crippen LogP contribution < -0.4 is 10.1 Å². The highest BCUT2D eigenvalue weighted by Gasteiger charge is 2.49. The van der Waals surface area contributed by atoms with Crippen molar-refractivity contribution in [1.82, 2.24) is 14.5 Å². The zero-order valence-electron chi connectivity index (χ0n) is 20.2. The molecule has 1 aliphatic rings. The van der Waals surface area contributed by atoms with Gasteiger partial charge in [-0.2, -0.15) is 4.31 Å². The lowest BCUT2D eigenvalue weighted by molar-refractivity contribution is -0.153. The molecule has 8 nitrogen and oxygen atoms in total. The van der Waals surface area contributed by atoms with E-state index in [1.807, 2.05) is 68.4 Å². The fourth-order valence-electron chi connectivity index (χ4n) is 3.93. The van der Waals surface area contributed by atoms with E-state index in [2.05, 4.69) is 5.32 Å². The van der Waals surface area contributed by atoms with Crippen molar-refractivity contribution in [2.45, 2.75) is 52.4 Å². The van der Waals surface area contributed by atoms with Gasteiger partial charge in [0, 0.05) is 19.6 Å². The van der Waals surface area contributed by atoms with Crippen molar-refractivity contribution in [1.29, 1.82) is 0 Å². The molecule has 0 unspecified atom stereocenters. The van der Waals surface area contributed by atoms with Gasteiger partial charge in [-0.15, -0.1) is 0 Å². The van der Waals surface area contributed by atoms with Gasteiger partial charge in [0.2, 0.25) is 21.8 Å². The second-order valence-electron chi connectivity index (χ2n) is 8.90. The number of ether oxygens (including phenoxy) is 1. The topological polar surface area (TPSA) is 96.0 Å². The summed E-state index contributed by atoms with van der Waals surface area (Å²) in [6, 6.07) is 16.8. The van der Waals surface area contributed by atoms with Gasteiger partial charge >= 0.3 is 0 Å². The van der Waals surface area contributed by atoms with Crippen molar-refractivity contribution < 1.29 is 22.7 Å². The molecule has 0 spiro atoms. The van der Waals surface area contributed by atoms with E-state index >= 15 is 0 Å². The number of sulfonamides is 1. The Balaban J connectivity index is 1.86. The standard InChI is InChI=1S/C25H33N3O5S/c1-5-34(31,32)27-17-23(29)28(16-21-11-13-22(14-12-21)33-19(2)3)25(4,18-27)24(30)26-15-20-9-7-6-8-10-20/h6-14,19H,5,15-18H2,1-4H3,(H,26,30)/t25-/m0/s1. The molecular weight excluding hydrogens is 454 g/mol. The number of benzene rings is 2. The maximum atomic E-state index is 13.4. The molecule has 1 atom stereocenters. The molecule has 0 radical (unpaired) electrons. The van der Waals surface area contributed by atoms with Crippen LogP contribution in [0.15, 0.2) is 54.6 Å². The van der Waals surface area contributed by atoms with Gasteiger partial charge in [0.15, 0.2) is 0 Å². The number of carbonyl (C=O) groups is 2. The molecule has 0 saturated carbocycles. The van der Waals surface area contributed by atoms with Crippen molar-refractivity contribution in [3.05, 3.63) is 65.7 Å². The smallest absolute Gasteiger partial charge is 0.247 e. The molecule has 0 bridgehead atoms. The fraction of sp³-hybridized carbons (Fsp3) is 0.440. The SMILES string of the molecule is CCS(=O)(=O)N1CC(=O)N(Cc2ccc(OC(C)C)cc2)[C@](C)(C(=O)NCc2ccccc2)C1. The lowest BCUT2D eigenvalue weighted by atomic mass is 9.94. The number of carbonyl (C=O) groups excluding carboxylic acids is 2. The van der Waals surface area contributed by atoms with Crippen LogP contribution in [-0.2, 0) is 32.7 Å². The van der Waals surface area contributed by atoms with E-state index in [4.69, 9.17) is 4.74 Å². The number of hydrogen-bond donors (Lipinski definition) is 1. The Morgan fingerprint density at radius 1 is 1.09 bits per heavy atom. The summed E-state index contributed by atoms with van der Waals surface area (Å²) < 4.78 is 32.0. The molecule has 0 aromatic heterocycles. The molecule has 1 saturated heterocycles. The first-order chi connectivity index (χ1) is 16.0. The fourth-order valence-corrected chi connectivity index (χ4v) is 5.05. The Labute approximate surface area is 201 Å². The predicted octanol–water partition coefficient (Wildman–Crippen LogP) is 2.54. The normalized spacial score (nSPS) is 19.3. The summed E-state index contributed by atoms with van der Waals surface area (Å²) in [5, 5.41) is 2.89. The Morgan fingerprint density at radius 3 is 2.32 bits per heavy atom. The van der Waals surface area contributed by atoms with E-state index in [1.54, 1.807) is 6.92 Å². The van der Waals surface area contributed by atoms with Gasteiger partial charge < -0.3 is 15.0 Å². The van der Waals surface area contributed by atoms with Gasteiger partial charge in [-0.3, -0.25) is 9.59 Å². The molecule has 1 N–H and O–H groups in total. The number of amides is 2. The average Bonchev–Trinajstić information content (AvgIpc) is 2.81. The van der Waals surface area contributed by atoms with Crippen LogP contribution in [0, 0.1) is 0 Å². The first-order valence-electron chi connectivity index (χ1n) is 11.4. The molecule has 0 aliphatic carbocycles. The summed E-state index contributed by atoms with van der Waals surface area (Å²) in [7, 11) is -3.65. The van der Waals surface area contributed by atoms with E-state index in [9.17, 15) is 18.0 Å². The van der Waals surface area contributed by atoms with Gasteiger partial charge in [-0.25, -0.2) is 8.42 Å². The van der Waals surface area contributed by atoms with Crippen LogP contribution in [0.5, 0.6) is 5.75 Å². The highest BCUT2D eigenvalue weighted by Crippen LogP contribution is 2.28. The zero-order valence-corrected chi connectivity index (χ0v) is 21.0. The summed E-state index contributed by atoms with van der Waals surface area (Å²) in [6.45, 7) is 7.09. The number of rotatable bonds is 9. The predicted molar refractivity (Wildman–Crippen MR) is 130 cm³/mol. The minimum atomic E-state index is -3.65. The summed E-state index contributed by atoms with van der Waals surface area (Å²) in [4.78, 5) is 28.1. The van der Waals surface area contributed by atoms with Gasteiger partial charge in [0.05, 0.1) is 18.4 Å². The van der Waals surface area contributed by atoms with E-state index < -0.39 is 27.4 Å². The van der Waals surface area contributed by atoms with Crippen molar-refractivity contribution in [2.75, 3.05) is 18.8 Å². The average molecular weight is 488 g/mol. The molecule has 34 heavy (non-hydrogen) atoms. The molecular formula is C25H33N3O5S. The van der Waals surface area contributed by atoms with Gasteiger partial charge in [0.25, 0.3) is 0 Å². The Morgan fingerprint density at radius 2 is 1.74 bits per heavy atom. The van der Waals surface area contributed by atoms with Crippen molar-refractivity contribution in [2.24, 2.45) is 0 Å². The number of nitrogens with zero attached hydrogens (tertiary/aromatic N) is 2. The van der Waals surface area contributed by atoms with Crippen LogP contribution in [0.1, 0.15) is 38.8 Å². The molecule has 3 rings (SSSR count). The maximum Gasteiger partial charge on any atom is 0.247 e. The number of piperazine rings is 1. The second kappa shape index (κ2) is 10.6. The van der Waals surface area contributed by atoms with Crippen molar-refractivity contribution in [3.8, 4) is 5.75 Å². The Bertz CT molecular complexity index is 1100. The van der Waals surface area contributed by atoms with E-state index in [0.29, 0.717) is 5.75 Å². The van der Waals surface area contributed by atoms with E-state index in [-0.39, 0.29) is 38.0 Å². The summed E-state index contributed by atoms with van der Waals surface area (Å²) >= 11 is 0. The molecule has 9 heteroatoms. The van der Waals surface area contributed by atoms with Crippen LogP contribution in [0.25, 0.3) is 0 Å². The lowest BCUT2D eigenvalue weighted by Crippen LogP contribution is -2.69. The van der Waals surface area contributed by atoms with Crippen molar-refractivity contribution >= 4 is 21.8 Å². The summed E-state index contributed by atoms with van der Waals surface area (Å²) in [5.41, 5.74) is 0.352. The van der Waals surface area contributed by atoms with Crippen LogP contribution in [0.4, 0.5) is 0 Å². The van der Waals surface area contributed by atoms with E-state index in [0.717, 1.165) is 15.4 Å². The van der Waals surface area contributed by atoms with Crippen LogP contribution in [0.3, 0.4) is 0 Å². The summed E-state index contributed by atoms with van der Waals surface area (Å²) in [5.74, 6) is -0.241. The van der Waals surface area contributed by atoms with Gasteiger partial charge in [-0.1, -0.05) is 42.5 Å². The summed E-state index contributed by atoms with van der Waals surface area (Å²) in [6.07, 6.45) is 0.0395. The highest BCUT2D eigenvalue weighted by atomic mass is 32.2. The van der Waals surface area contributed by atoms with Crippen LogP contribution in [-0.4, -0.2) is 59.9 Å². The van der Waals surface area contributed by atoms with Gasteiger partial charge in [-0.05, 0) is 51.0 Å². The monoisotopic (exact) mass is 487 g/mol. The third kappa shape index (κ3) is 5.95. The number of hydrogen-bond acceptors (Lipinski definition) is 5. The highest BCUT2D eigenvalue weighted by molar-refractivity contribution is 7.89. The first kappa shape index (κ1) is 25.7. The minimum absolute atomic E-state index is 0.0395. The minimum Gasteiger partial charge on any atom is -0.491 e. The lowest BCUT2D eigenvalue weighted by Gasteiger charge is -2.46. The third-order valence-electron chi connectivity index (χ3n) is 5.87. The van der Waals surface area contributed by atoms with Gasteiger partial charge in [0.1, 0.15) is 11.3 Å². The second-order valence-corrected chi connectivity index (χ2v) is 11.2. The maximum absolute atomic E-state index is 13.4. The van der Waals surface area contributed by atoms with Crippen molar-refractivity contribution in [3.63, 3.8) is 0 Å². The molecule has 184 valence electrons. The van der Waals surface area contributed by atoms with Crippen LogP contribution >= 0.6 is 0 Å². The van der Waals surface area contributed by atoms with E-state index in [1.165, 1.54) is 11.8 Å². The first-order valence-corrected chi connectivity index (χ1v) is 13.0. The molecule has 2 aromatic rings. The Kier molecular flexibility index (Phi) is 7.99. The zero-order chi connectivity index (χ0) is 24.9.